The summed E-state index contributed by atoms with van der Waals surface area (Å²) in [5, 5.41) is 0. The number of Topliss-reactive ketones (excluding diaryl/α,β-unsaturated/α-hetero) is 1. The highest BCUT2D eigenvalue weighted by Crippen LogP contribution is 2.44. The molecule has 202 valence electrons. The zero-order valence-corrected chi connectivity index (χ0v) is 20.5. The van der Waals surface area contributed by atoms with Crippen LogP contribution in [0.2, 0.25) is 0 Å². The van der Waals surface area contributed by atoms with E-state index >= 15 is 0 Å². The third-order valence-electron chi connectivity index (χ3n) is 7.32. The van der Waals surface area contributed by atoms with Crippen molar-refractivity contribution < 1.29 is 44.3 Å². The van der Waals surface area contributed by atoms with Crippen LogP contribution in [0.15, 0.2) is 41.3 Å². The second kappa shape index (κ2) is 8.86. The highest BCUT2D eigenvalue weighted by atomic mass is 32.2. The molecule has 1 amide bonds. The summed E-state index contributed by atoms with van der Waals surface area (Å²) in [6, 6.07) is 5.96. The van der Waals surface area contributed by atoms with E-state index in [1.807, 2.05) is 18.9 Å². The van der Waals surface area contributed by atoms with E-state index < -0.39 is 49.3 Å². The van der Waals surface area contributed by atoms with Gasteiger partial charge in [0.2, 0.25) is 0 Å². The first kappa shape index (κ1) is 27.2. The second-order valence-electron chi connectivity index (χ2n) is 9.30. The molecule has 1 aromatic heterocycles. The molecule has 0 aliphatic carbocycles. The molecule has 1 spiro atoms. The average molecular weight is 552 g/mol. The van der Waals surface area contributed by atoms with E-state index in [2.05, 4.69) is 0 Å². The maximum atomic E-state index is 13.1. The maximum Gasteiger partial charge on any atom is 0.501 e. The van der Waals surface area contributed by atoms with Crippen molar-refractivity contribution in [3.8, 4) is 0 Å². The third-order valence-corrected chi connectivity index (χ3v) is 8.83. The number of sulfone groups is 1. The molecule has 4 rings (SSSR count). The van der Waals surface area contributed by atoms with Crippen LogP contribution in [0.4, 0.5) is 26.3 Å². The van der Waals surface area contributed by atoms with Crippen molar-refractivity contribution in [2.45, 2.75) is 54.5 Å². The van der Waals surface area contributed by atoms with E-state index in [1.165, 1.54) is 21.6 Å². The van der Waals surface area contributed by atoms with Crippen LogP contribution in [-0.4, -0.2) is 72.3 Å². The van der Waals surface area contributed by atoms with Gasteiger partial charge < -0.3 is 9.47 Å². The second-order valence-corrected chi connectivity index (χ2v) is 11.2. The van der Waals surface area contributed by atoms with Crippen molar-refractivity contribution in [2.24, 2.45) is 0 Å². The topological polar surface area (TPSA) is 79.7 Å². The Morgan fingerprint density at radius 3 is 2.03 bits per heavy atom. The van der Waals surface area contributed by atoms with Crippen molar-refractivity contribution >= 4 is 21.5 Å². The fourth-order valence-corrected chi connectivity index (χ4v) is 5.95. The van der Waals surface area contributed by atoms with Gasteiger partial charge in [0.25, 0.3) is 21.5 Å². The fraction of sp³-hybridized carbons (Fsp3) is 0.478. The minimum atomic E-state index is -5.54. The summed E-state index contributed by atoms with van der Waals surface area (Å²) in [5.41, 5.74) is -6.08. The van der Waals surface area contributed by atoms with Crippen LogP contribution in [0.1, 0.15) is 46.3 Å². The average Bonchev–Trinajstić information content (AvgIpc) is 3.25. The van der Waals surface area contributed by atoms with Crippen molar-refractivity contribution in [3.63, 3.8) is 0 Å². The molecular formula is C23H23F6N3O4S. The quantitative estimate of drug-likeness (QED) is 0.426. The Morgan fingerprint density at radius 1 is 0.946 bits per heavy atom. The minimum Gasteiger partial charge on any atom is -0.339 e. The van der Waals surface area contributed by atoms with E-state index in [-0.39, 0.29) is 31.2 Å². The summed E-state index contributed by atoms with van der Waals surface area (Å²) >= 11 is 0. The number of piperidine rings is 1. The molecular weight excluding hydrogens is 528 g/mol. The number of hydrogen-bond acceptors (Lipinski definition) is 5. The van der Waals surface area contributed by atoms with Crippen LogP contribution in [-0.2, 0) is 21.9 Å². The Kier molecular flexibility index (Phi) is 6.51. The monoisotopic (exact) mass is 551 g/mol. The van der Waals surface area contributed by atoms with Crippen LogP contribution in [0.3, 0.4) is 0 Å². The highest BCUT2D eigenvalue weighted by Gasteiger charge is 2.50. The molecule has 7 nitrogen and oxygen atoms in total. The minimum absolute atomic E-state index is 0.00359. The van der Waals surface area contributed by atoms with Crippen LogP contribution in [0, 0.1) is 0 Å². The van der Waals surface area contributed by atoms with Gasteiger partial charge in [0.15, 0.2) is 0 Å². The standard InChI is InChI=1S/C23H23F6N3O4S/c1-14-13-32-17(19(33)22(24,25)26)7-8-18(32)21(30(14)2)9-11-31(12-10-21)20(34)15-3-5-16(6-4-15)37(35,36)23(27,28)29/h3-8,14H,9-13H2,1-2H3/t14-/m0/s1. The molecule has 0 saturated carbocycles. The Labute approximate surface area is 208 Å². The number of amides is 1. The summed E-state index contributed by atoms with van der Waals surface area (Å²) < 4.78 is 102. The molecule has 3 heterocycles. The lowest BCUT2D eigenvalue weighted by atomic mass is 9.80. The van der Waals surface area contributed by atoms with Crippen molar-refractivity contribution in [3.05, 3.63) is 53.3 Å². The number of ketones is 1. The Balaban J connectivity index is 1.56. The molecule has 2 aliphatic rings. The van der Waals surface area contributed by atoms with Crippen molar-refractivity contribution in [1.29, 1.82) is 0 Å². The van der Waals surface area contributed by atoms with Crippen molar-refractivity contribution in [2.75, 3.05) is 20.1 Å². The van der Waals surface area contributed by atoms with E-state index in [4.69, 9.17) is 0 Å². The van der Waals surface area contributed by atoms with Gasteiger partial charge in [-0.1, -0.05) is 0 Å². The lowest BCUT2D eigenvalue weighted by Gasteiger charge is -2.53. The van der Waals surface area contributed by atoms with E-state index in [0.717, 1.165) is 24.3 Å². The number of hydrogen-bond donors (Lipinski definition) is 0. The summed E-state index contributed by atoms with van der Waals surface area (Å²) in [6.07, 6.45) is -4.34. The number of halogens is 6. The Hall–Kier alpha value is -2.87. The Morgan fingerprint density at radius 2 is 1.51 bits per heavy atom. The van der Waals surface area contributed by atoms with Gasteiger partial charge >= 0.3 is 11.7 Å². The van der Waals surface area contributed by atoms with E-state index in [9.17, 15) is 44.3 Å². The van der Waals surface area contributed by atoms with E-state index in [0.29, 0.717) is 18.5 Å². The first-order valence-corrected chi connectivity index (χ1v) is 12.7. The zero-order valence-electron chi connectivity index (χ0n) is 19.7. The molecule has 0 N–H and O–H groups in total. The van der Waals surface area contributed by atoms with Gasteiger partial charge in [-0.15, -0.1) is 0 Å². The van der Waals surface area contributed by atoms with Gasteiger partial charge in [-0.05, 0) is 63.2 Å². The molecule has 1 aromatic carbocycles. The molecule has 1 saturated heterocycles. The first-order valence-electron chi connectivity index (χ1n) is 11.3. The van der Waals surface area contributed by atoms with Crippen LogP contribution < -0.4 is 0 Å². The molecule has 0 bridgehead atoms. The normalized spacial score (nSPS) is 20.6. The third kappa shape index (κ3) is 4.43. The van der Waals surface area contributed by atoms with Gasteiger partial charge in [-0.3, -0.25) is 14.5 Å². The van der Waals surface area contributed by atoms with Crippen LogP contribution in [0.5, 0.6) is 0 Å². The zero-order chi connectivity index (χ0) is 27.6. The largest absolute Gasteiger partial charge is 0.501 e. The van der Waals surface area contributed by atoms with Gasteiger partial charge in [-0.2, -0.15) is 26.3 Å². The molecule has 1 atom stereocenters. The number of alkyl halides is 6. The molecule has 1 fully saturated rings. The number of likely N-dealkylation sites (N-methyl/N-ethyl adjacent to an activating group) is 1. The fourth-order valence-electron chi connectivity index (χ4n) is 5.18. The molecule has 14 heteroatoms. The molecule has 0 radical (unpaired) electrons. The first-order chi connectivity index (χ1) is 17.0. The predicted octanol–water partition coefficient (Wildman–Crippen LogP) is 3.99. The Bertz CT molecular complexity index is 1320. The molecule has 37 heavy (non-hydrogen) atoms. The van der Waals surface area contributed by atoms with Gasteiger partial charge in [0.1, 0.15) is 0 Å². The summed E-state index contributed by atoms with van der Waals surface area (Å²) in [7, 11) is -3.71. The van der Waals surface area contributed by atoms with Gasteiger partial charge in [0.05, 0.1) is 16.1 Å². The van der Waals surface area contributed by atoms with Crippen molar-refractivity contribution in [1.82, 2.24) is 14.4 Å². The number of likely N-dealkylation sites (tertiary alicyclic amines) is 1. The summed E-state index contributed by atoms with van der Waals surface area (Å²) in [5.74, 6) is -2.44. The molecule has 0 unspecified atom stereocenters. The summed E-state index contributed by atoms with van der Waals surface area (Å²) in [6.45, 7) is 2.40. The highest BCUT2D eigenvalue weighted by molar-refractivity contribution is 7.92. The number of carbonyl (C=O) groups is 2. The number of benzene rings is 1. The number of carbonyl (C=O) groups excluding carboxylic acids is 2. The summed E-state index contributed by atoms with van der Waals surface area (Å²) in [4.78, 5) is 27.5. The molecule has 2 aliphatic heterocycles. The van der Waals surface area contributed by atoms with Gasteiger partial charge in [-0.25, -0.2) is 8.42 Å². The number of aromatic nitrogens is 1. The lowest BCUT2D eigenvalue weighted by molar-refractivity contribution is -0.0894. The van der Waals surface area contributed by atoms with Crippen LogP contribution in [0.25, 0.3) is 0 Å². The number of nitrogens with zero attached hydrogens (tertiary/aromatic N) is 3. The SMILES string of the molecule is C[C@H]1Cn2c(C(=O)C(F)(F)F)ccc2C2(CCN(C(=O)c3ccc(S(=O)(=O)C(F)(F)F)cc3)CC2)N1C. The van der Waals surface area contributed by atoms with E-state index in [1.54, 1.807) is 0 Å². The van der Waals surface area contributed by atoms with Gasteiger partial charge in [0, 0.05) is 36.9 Å². The predicted molar refractivity (Wildman–Crippen MR) is 119 cm³/mol. The smallest absolute Gasteiger partial charge is 0.339 e. The maximum absolute atomic E-state index is 13.1. The lowest BCUT2D eigenvalue weighted by Crippen LogP contribution is -2.59. The van der Waals surface area contributed by atoms with Crippen LogP contribution >= 0.6 is 0 Å². The number of rotatable bonds is 3. The number of fused-ring (bicyclic) bond motifs is 2. The molecule has 2 aromatic rings.